The third kappa shape index (κ3) is 67.1. The molecule has 0 aromatic carbocycles. The van der Waals surface area contributed by atoms with E-state index in [1.165, 1.54) is 302 Å². The van der Waals surface area contributed by atoms with E-state index in [1.54, 1.807) is 0 Å². The van der Waals surface area contributed by atoms with Crippen LogP contribution in [0.15, 0.2) is 24.3 Å². The van der Waals surface area contributed by atoms with E-state index in [9.17, 15) is 19.5 Å². The lowest BCUT2D eigenvalue weighted by Gasteiger charge is -2.26. The first-order chi connectivity index (χ1) is 40.6. The number of carboxylic acid groups (broad SMARTS) is 1. The molecule has 490 valence electrons. The fourth-order valence-electron chi connectivity index (χ4n) is 11.1. The van der Waals surface area contributed by atoms with Crippen molar-refractivity contribution in [2.45, 2.75) is 386 Å². The highest BCUT2D eigenvalue weighted by atomic mass is 16.7. The van der Waals surface area contributed by atoms with E-state index in [-0.39, 0.29) is 32.2 Å². The number of unbranched alkanes of at least 4 members (excludes halogenated alkanes) is 50. The van der Waals surface area contributed by atoms with Crippen molar-refractivity contribution in [3.8, 4) is 0 Å². The number of hydrogen-bond acceptors (Lipinski definition) is 8. The summed E-state index contributed by atoms with van der Waals surface area (Å²) in [6.07, 6.45) is 78.5. The zero-order chi connectivity index (χ0) is 60.5. The zero-order valence-corrected chi connectivity index (χ0v) is 56.1. The Hall–Kier alpha value is -2.23. The van der Waals surface area contributed by atoms with Crippen LogP contribution < -0.4 is 5.11 Å². The van der Waals surface area contributed by atoms with Crippen molar-refractivity contribution in [2.24, 2.45) is 0 Å². The number of rotatable bonds is 69. The number of ether oxygens (including phenoxy) is 4. The van der Waals surface area contributed by atoms with Crippen LogP contribution in [0.5, 0.6) is 0 Å². The van der Waals surface area contributed by atoms with Crippen molar-refractivity contribution >= 4 is 17.9 Å². The molecular formula is C74H141NO8. The Morgan fingerprint density at radius 1 is 0.361 bits per heavy atom. The summed E-state index contributed by atoms with van der Waals surface area (Å²) in [4.78, 5) is 37.5. The minimum absolute atomic E-state index is 0.151. The molecule has 0 aliphatic carbocycles. The second-order valence-electron chi connectivity index (χ2n) is 26.2. The van der Waals surface area contributed by atoms with Gasteiger partial charge in [0.15, 0.2) is 12.4 Å². The first-order valence-corrected chi connectivity index (χ1v) is 36.5. The summed E-state index contributed by atoms with van der Waals surface area (Å²) in [5.41, 5.74) is 0. The second-order valence-corrected chi connectivity index (χ2v) is 26.2. The van der Waals surface area contributed by atoms with Crippen molar-refractivity contribution < 1.29 is 42.9 Å². The largest absolute Gasteiger partial charge is 0.545 e. The Morgan fingerprint density at radius 2 is 0.651 bits per heavy atom. The quantitative estimate of drug-likeness (QED) is 0.0195. The van der Waals surface area contributed by atoms with Gasteiger partial charge in [-0.3, -0.25) is 9.59 Å². The van der Waals surface area contributed by atoms with Crippen LogP contribution in [0.2, 0.25) is 0 Å². The number of hydrogen-bond donors (Lipinski definition) is 0. The molecule has 0 fully saturated rings. The predicted octanol–water partition coefficient (Wildman–Crippen LogP) is 21.3. The molecule has 9 nitrogen and oxygen atoms in total. The van der Waals surface area contributed by atoms with Crippen LogP contribution >= 0.6 is 0 Å². The van der Waals surface area contributed by atoms with Crippen LogP contribution in [0.3, 0.4) is 0 Å². The Balaban J connectivity index is 4.02. The summed E-state index contributed by atoms with van der Waals surface area (Å²) in [7, 11) is 5.94. The van der Waals surface area contributed by atoms with Gasteiger partial charge in [-0.25, -0.2) is 0 Å². The summed E-state index contributed by atoms with van der Waals surface area (Å²) in [6.45, 7) is 4.81. The summed E-state index contributed by atoms with van der Waals surface area (Å²) >= 11 is 0. The molecule has 0 aliphatic heterocycles. The number of esters is 2. The molecule has 0 saturated carbocycles. The third-order valence-corrected chi connectivity index (χ3v) is 16.7. The number of carbonyl (C=O) groups is 3. The van der Waals surface area contributed by atoms with E-state index < -0.39 is 24.3 Å². The molecule has 2 atom stereocenters. The van der Waals surface area contributed by atoms with Gasteiger partial charge in [-0.2, -0.15) is 0 Å². The number of carboxylic acids is 1. The van der Waals surface area contributed by atoms with Crippen LogP contribution in [-0.4, -0.2) is 82.3 Å². The van der Waals surface area contributed by atoms with Gasteiger partial charge >= 0.3 is 11.9 Å². The molecule has 0 heterocycles. The van der Waals surface area contributed by atoms with E-state index >= 15 is 0 Å². The van der Waals surface area contributed by atoms with Gasteiger partial charge in [0.05, 0.1) is 40.3 Å². The van der Waals surface area contributed by atoms with E-state index in [0.29, 0.717) is 23.9 Å². The molecule has 0 bridgehead atoms. The smallest absolute Gasteiger partial charge is 0.306 e. The number of aliphatic carboxylic acids is 1. The molecule has 0 radical (unpaired) electrons. The lowest BCUT2D eigenvalue weighted by atomic mass is 10.0. The molecule has 0 aromatic rings. The molecule has 9 heteroatoms. The van der Waals surface area contributed by atoms with Crippen molar-refractivity contribution in [1.29, 1.82) is 0 Å². The number of quaternary nitrogens is 1. The highest BCUT2D eigenvalue weighted by molar-refractivity contribution is 5.70. The van der Waals surface area contributed by atoms with Crippen LogP contribution in [0, 0.1) is 0 Å². The van der Waals surface area contributed by atoms with Gasteiger partial charge in [0.2, 0.25) is 0 Å². The standard InChI is InChI=1S/C74H141NO8/c1-6-8-10-12-14-16-18-20-22-24-26-28-30-32-33-34-35-36-37-38-39-41-42-44-46-48-50-52-54-56-58-60-62-64-71(76)81-68-70(69-82-74(73(78)79)80-67-66-75(3,4)5)83-72(77)65-63-61-59-57-55-53-51-49-47-45-43-40-31-29-27-25-23-21-19-17-15-13-11-9-7-2/h19,21,25,27,70,74H,6-18,20,22-24,26,28-69H2,1-5H3/b21-19-,27-25-. The average Bonchev–Trinajstić information content (AvgIpc) is 3.46. The third-order valence-electron chi connectivity index (χ3n) is 16.7. The Labute approximate surface area is 516 Å². The van der Waals surface area contributed by atoms with Crippen molar-refractivity contribution in [3.63, 3.8) is 0 Å². The van der Waals surface area contributed by atoms with Crippen molar-refractivity contribution in [3.05, 3.63) is 24.3 Å². The van der Waals surface area contributed by atoms with Gasteiger partial charge in [0, 0.05) is 12.8 Å². The van der Waals surface area contributed by atoms with Crippen molar-refractivity contribution in [2.75, 3.05) is 47.5 Å². The topological polar surface area (TPSA) is 111 Å². The lowest BCUT2D eigenvalue weighted by Crippen LogP contribution is -2.44. The monoisotopic (exact) mass is 1170 g/mol. The molecule has 0 spiro atoms. The maximum absolute atomic E-state index is 12.9. The number of allylic oxidation sites excluding steroid dienone is 4. The SMILES string of the molecule is CCCCCCC/C=C\C/C=C\CCCCCCCCCCCCCCCC(=O)OC(COC(=O)CCCCCCCCCCCCCCCCCCCCCCCCCCCCCCCCCCC)COC(OCC[N+](C)(C)C)C(=O)[O-]. The summed E-state index contributed by atoms with van der Waals surface area (Å²) in [6, 6.07) is 0. The summed E-state index contributed by atoms with van der Waals surface area (Å²) < 4.78 is 22.8. The maximum atomic E-state index is 12.9. The van der Waals surface area contributed by atoms with Crippen LogP contribution in [0.25, 0.3) is 0 Å². The molecule has 83 heavy (non-hydrogen) atoms. The zero-order valence-electron chi connectivity index (χ0n) is 56.1. The number of likely N-dealkylation sites (N-methyl/N-ethyl adjacent to an activating group) is 1. The van der Waals surface area contributed by atoms with Crippen molar-refractivity contribution in [1.82, 2.24) is 0 Å². The fraction of sp³-hybridized carbons (Fsp3) is 0.905. The first kappa shape index (κ1) is 80.8. The number of nitrogens with zero attached hydrogens (tertiary/aromatic N) is 1. The highest BCUT2D eigenvalue weighted by Gasteiger charge is 2.22. The maximum Gasteiger partial charge on any atom is 0.306 e. The van der Waals surface area contributed by atoms with Gasteiger partial charge in [-0.1, -0.05) is 340 Å². The van der Waals surface area contributed by atoms with Gasteiger partial charge in [0.1, 0.15) is 13.2 Å². The Bertz CT molecular complexity index is 1410. The first-order valence-electron chi connectivity index (χ1n) is 36.5. The molecule has 2 unspecified atom stereocenters. The van der Waals surface area contributed by atoms with E-state index in [1.807, 2.05) is 21.1 Å². The van der Waals surface area contributed by atoms with Crippen LogP contribution in [-0.2, 0) is 33.3 Å². The normalized spacial score (nSPS) is 12.7. The predicted molar refractivity (Wildman–Crippen MR) is 353 cm³/mol. The molecule has 0 aromatic heterocycles. The van der Waals surface area contributed by atoms with Crippen LogP contribution in [0.4, 0.5) is 0 Å². The molecule has 0 rings (SSSR count). The minimum atomic E-state index is -1.62. The van der Waals surface area contributed by atoms with E-state index in [0.717, 1.165) is 38.5 Å². The molecule has 0 amide bonds. The van der Waals surface area contributed by atoms with E-state index in [2.05, 4.69) is 38.2 Å². The molecule has 0 N–H and O–H groups in total. The lowest BCUT2D eigenvalue weighted by molar-refractivity contribution is -0.870. The Morgan fingerprint density at radius 3 is 0.952 bits per heavy atom. The van der Waals surface area contributed by atoms with Gasteiger partial charge in [0.25, 0.3) is 0 Å². The summed E-state index contributed by atoms with van der Waals surface area (Å²) in [5, 5.41) is 11.8. The van der Waals surface area contributed by atoms with Crippen LogP contribution in [0.1, 0.15) is 373 Å². The average molecular weight is 1170 g/mol. The van der Waals surface area contributed by atoms with Gasteiger partial charge in [-0.05, 0) is 44.9 Å². The minimum Gasteiger partial charge on any atom is -0.545 e. The van der Waals surface area contributed by atoms with Gasteiger partial charge < -0.3 is 33.3 Å². The fourth-order valence-corrected chi connectivity index (χ4v) is 11.1. The molecule has 0 saturated heterocycles. The Kier molecular flexibility index (Phi) is 64.0. The molecular weight excluding hydrogens is 1030 g/mol. The second kappa shape index (κ2) is 65.7. The van der Waals surface area contributed by atoms with Gasteiger partial charge in [-0.15, -0.1) is 0 Å². The summed E-state index contributed by atoms with van der Waals surface area (Å²) in [5.74, 6) is -2.25. The number of carbonyl (C=O) groups excluding carboxylic acids is 3. The highest BCUT2D eigenvalue weighted by Crippen LogP contribution is 2.19. The molecule has 0 aliphatic rings. The van der Waals surface area contributed by atoms with E-state index in [4.69, 9.17) is 18.9 Å².